The second-order valence-electron chi connectivity index (χ2n) is 3.86. The minimum absolute atomic E-state index is 0.111. The van der Waals surface area contributed by atoms with Crippen LogP contribution in [0.2, 0.25) is 0 Å². The zero-order valence-electron chi connectivity index (χ0n) is 10.3. The minimum Gasteiger partial charge on any atom is -0.308 e. The third-order valence-electron chi connectivity index (χ3n) is 2.43. The number of nitrogens with zero attached hydrogens (tertiary/aromatic N) is 1. The molecule has 0 saturated heterocycles. The highest BCUT2D eigenvalue weighted by Crippen LogP contribution is 2.16. The van der Waals surface area contributed by atoms with E-state index in [0.717, 1.165) is 9.75 Å². The van der Waals surface area contributed by atoms with Crippen LogP contribution in [0.5, 0.6) is 0 Å². The largest absolute Gasteiger partial charge is 0.308 e. The van der Waals surface area contributed by atoms with Gasteiger partial charge in [-0.1, -0.05) is 0 Å². The highest BCUT2D eigenvalue weighted by atomic mass is 32.2. The Labute approximate surface area is 115 Å². The molecule has 8 heteroatoms. The molecular formula is C11H14N4O2S2. The van der Waals surface area contributed by atoms with Crippen LogP contribution in [-0.2, 0) is 16.6 Å². The van der Waals surface area contributed by atoms with Crippen molar-refractivity contribution in [3.05, 3.63) is 40.2 Å². The van der Waals surface area contributed by atoms with Gasteiger partial charge in [0.25, 0.3) is 0 Å². The normalized spacial score (nSPS) is 11.5. The number of pyridine rings is 1. The quantitative estimate of drug-likeness (QED) is 0.569. The van der Waals surface area contributed by atoms with E-state index in [4.69, 9.17) is 5.84 Å². The van der Waals surface area contributed by atoms with Crippen LogP contribution in [0.3, 0.4) is 0 Å². The molecule has 0 spiro atoms. The lowest BCUT2D eigenvalue weighted by atomic mass is 10.4. The molecule has 19 heavy (non-hydrogen) atoms. The summed E-state index contributed by atoms with van der Waals surface area (Å²) in [6, 6.07) is 6.81. The molecule has 0 unspecified atom stereocenters. The SMILES string of the molecule is Cc1ccc(CNS(=O)(=O)c2ccc(NN)nc2)s1. The molecule has 0 fully saturated rings. The van der Waals surface area contributed by atoms with E-state index < -0.39 is 10.0 Å². The summed E-state index contributed by atoms with van der Waals surface area (Å²) in [5.74, 6) is 5.58. The number of anilines is 1. The van der Waals surface area contributed by atoms with E-state index in [1.807, 2.05) is 19.1 Å². The monoisotopic (exact) mass is 298 g/mol. The Morgan fingerprint density at radius 1 is 1.32 bits per heavy atom. The average molecular weight is 298 g/mol. The zero-order chi connectivity index (χ0) is 13.9. The maximum atomic E-state index is 12.0. The molecule has 0 aromatic carbocycles. The second kappa shape index (κ2) is 5.66. The highest BCUT2D eigenvalue weighted by Gasteiger charge is 2.14. The maximum Gasteiger partial charge on any atom is 0.242 e. The standard InChI is InChI=1S/C11H14N4O2S2/c1-8-2-3-9(18-8)6-14-19(16,17)10-4-5-11(15-12)13-7-10/h2-5,7,14H,6,12H2,1H3,(H,13,15). The Bertz CT molecular complexity index is 650. The molecule has 0 bridgehead atoms. The molecule has 0 atom stereocenters. The smallest absolute Gasteiger partial charge is 0.242 e. The van der Waals surface area contributed by atoms with Crippen molar-refractivity contribution in [3.63, 3.8) is 0 Å². The number of nitrogens with one attached hydrogen (secondary N) is 2. The molecule has 0 aliphatic carbocycles. The van der Waals surface area contributed by atoms with Crippen molar-refractivity contribution < 1.29 is 8.42 Å². The van der Waals surface area contributed by atoms with Gasteiger partial charge < -0.3 is 5.43 Å². The Hall–Kier alpha value is -1.48. The number of aryl methyl sites for hydroxylation is 1. The molecule has 0 saturated carbocycles. The van der Waals surface area contributed by atoms with Gasteiger partial charge in [-0.25, -0.2) is 24.0 Å². The predicted molar refractivity (Wildman–Crippen MR) is 75.1 cm³/mol. The van der Waals surface area contributed by atoms with E-state index in [1.165, 1.54) is 18.3 Å². The number of hydrogen-bond acceptors (Lipinski definition) is 6. The number of nitrogen functional groups attached to an aromatic ring is 1. The number of aromatic nitrogens is 1. The van der Waals surface area contributed by atoms with E-state index in [-0.39, 0.29) is 11.4 Å². The summed E-state index contributed by atoms with van der Waals surface area (Å²) < 4.78 is 26.6. The molecule has 0 radical (unpaired) electrons. The van der Waals surface area contributed by atoms with E-state index in [1.54, 1.807) is 11.3 Å². The molecule has 2 rings (SSSR count). The molecule has 6 nitrogen and oxygen atoms in total. The first-order chi connectivity index (χ1) is 9.01. The Balaban J connectivity index is 2.09. The minimum atomic E-state index is -3.55. The van der Waals surface area contributed by atoms with Crippen LogP contribution in [0, 0.1) is 6.92 Å². The maximum absolute atomic E-state index is 12.0. The lowest BCUT2D eigenvalue weighted by molar-refractivity contribution is 0.581. The van der Waals surface area contributed by atoms with Crippen molar-refractivity contribution in [1.82, 2.24) is 9.71 Å². The van der Waals surface area contributed by atoms with Crippen molar-refractivity contribution in [2.45, 2.75) is 18.4 Å². The van der Waals surface area contributed by atoms with Crippen molar-refractivity contribution in [3.8, 4) is 0 Å². The second-order valence-corrected chi connectivity index (χ2v) is 7.00. The van der Waals surface area contributed by atoms with Crippen LogP contribution in [0.4, 0.5) is 5.82 Å². The topological polar surface area (TPSA) is 97.1 Å². The molecule has 4 N–H and O–H groups in total. The third kappa shape index (κ3) is 3.51. The van der Waals surface area contributed by atoms with Gasteiger partial charge in [0.05, 0.1) is 0 Å². The molecule has 2 heterocycles. The van der Waals surface area contributed by atoms with Gasteiger partial charge in [-0.15, -0.1) is 11.3 Å². The van der Waals surface area contributed by atoms with Crippen LogP contribution in [0.15, 0.2) is 35.4 Å². The summed E-state index contributed by atoms with van der Waals surface area (Å²) in [4.78, 5) is 6.10. The number of thiophene rings is 1. The molecular weight excluding hydrogens is 284 g/mol. The van der Waals surface area contributed by atoms with Crippen LogP contribution >= 0.6 is 11.3 Å². The molecule has 102 valence electrons. The van der Waals surface area contributed by atoms with Gasteiger partial charge in [0, 0.05) is 22.5 Å². The fourth-order valence-corrected chi connectivity index (χ4v) is 3.33. The number of sulfonamides is 1. The highest BCUT2D eigenvalue weighted by molar-refractivity contribution is 7.89. The molecule has 2 aromatic heterocycles. The summed E-state index contributed by atoms with van der Waals surface area (Å²) in [6.07, 6.45) is 1.26. The number of hydrogen-bond donors (Lipinski definition) is 3. The number of hydrazine groups is 1. The van der Waals surface area contributed by atoms with Crippen molar-refractivity contribution >= 4 is 27.2 Å². The van der Waals surface area contributed by atoms with E-state index in [9.17, 15) is 8.42 Å². The van der Waals surface area contributed by atoms with E-state index in [0.29, 0.717) is 5.82 Å². The van der Waals surface area contributed by atoms with Crippen LogP contribution < -0.4 is 16.0 Å². The third-order valence-corrected chi connectivity index (χ3v) is 4.81. The van der Waals surface area contributed by atoms with Crippen molar-refractivity contribution in [2.75, 3.05) is 5.43 Å². The fraction of sp³-hybridized carbons (Fsp3) is 0.182. The first-order valence-electron chi connectivity index (χ1n) is 5.49. The summed E-state index contributed by atoms with van der Waals surface area (Å²) in [7, 11) is -3.55. The summed E-state index contributed by atoms with van der Waals surface area (Å²) in [5, 5.41) is 0. The molecule has 2 aromatic rings. The first-order valence-corrected chi connectivity index (χ1v) is 7.79. The first kappa shape index (κ1) is 13.9. The van der Waals surface area contributed by atoms with Crippen molar-refractivity contribution in [1.29, 1.82) is 0 Å². The molecule has 0 aliphatic rings. The van der Waals surface area contributed by atoms with Crippen LogP contribution in [0.1, 0.15) is 9.75 Å². The van der Waals surface area contributed by atoms with E-state index >= 15 is 0 Å². The molecule has 0 aliphatic heterocycles. The summed E-state index contributed by atoms with van der Waals surface area (Å²) in [5.41, 5.74) is 2.34. The van der Waals surface area contributed by atoms with Crippen LogP contribution in [0.25, 0.3) is 0 Å². The van der Waals surface area contributed by atoms with Crippen molar-refractivity contribution in [2.24, 2.45) is 5.84 Å². The predicted octanol–water partition coefficient (Wildman–Crippen LogP) is 1.22. The Morgan fingerprint density at radius 3 is 2.63 bits per heavy atom. The van der Waals surface area contributed by atoms with Crippen LogP contribution in [-0.4, -0.2) is 13.4 Å². The number of nitrogens with two attached hydrogens (primary N) is 1. The van der Waals surface area contributed by atoms with Gasteiger partial charge >= 0.3 is 0 Å². The fourth-order valence-electron chi connectivity index (χ4n) is 1.45. The van der Waals surface area contributed by atoms with Gasteiger partial charge in [-0.05, 0) is 31.2 Å². The number of rotatable bonds is 5. The van der Waals surface area contributed by atoms with E-state index in [2.05, 4.69) is 15.1 Å². The zero-order valence-corrected chi connectivity index (χ0v) is 11.9. The van der Waals surface area contributed by atoms with Gasteiger partial charge in [-0.2, -0.15) is 0 Å². The van der Waals surface area contributed by atoms with Gasteiger partial charge in [-0.3, -0.25) is 0 Å². The lowest BCUT2D eigenvalue weighted by Gasteiger charge is -2.06. The Kier molecular flexibility index (Phi) is 4.15. The van der Waals surface area contributed by atoms with Gasteiger partial charge in [0.15, 0.2) is 0 Å². The van der Waals surface area contributed by atoms with Gasteiger partial charge in [0.2, 0.25) is 10.0 Å². The molecule has 0 amide bonds. The Morgan fingerprint density at radius 2 is 2.11 bits per heavy atom. The summed E-state index contributed by atoms with van der Waals surface area (Å²) >= 11 is 1.56. The lowest BCUT2D eigenvalue weighted by Crippen LogP contribution is -2.23. The summed E-state index contributed by atoms with van der Waals surface area (Å²) in [6.45, 7) is 2.25. The average Bonchev–Trinajstić information content (AvgIpc) is 2.82. The van der Waals surface area contributed by atoms with Gasteiger partial charge in [0.1, 0.15) is 10.7 Å².